The largest absolute Gasteiger partial charge is 0.308 e. The average Bonchev–Trinajstić information content (AvgIpc) is 3.50. The highest BCUT2D eigenvalue weighted by Crippen LogP contribution is 2.39. The summed E-state index contributed by atoms with van der Waals surface area (Å²) < 4.78 is 2.38. The predicted octanol–water partition coefficient (Wildman–Crippen LogP) is 7.62. The monoisotopic (exact) mass is 470 g/mol. The Morgan fingerprint density at radius 2 is 1.24 bits per heavy atom. The van der Waals surface area contributed by atoms with Gasteiger partial charge in [-0.05, 0) is 42.5 Å². The average molecular weight is 471 g/mol. The van der Waals surface area contributed by atoms with Gasteiger partial charge in [-0.15, -0.1) is 0 Å². The molecular formula is C33H18N4. The predicted molar refractivity (Wildman–Crippen MR) is 150 cm³/mol. The number of benzene rings is 4. The van der Waals surface area contributed by atoms with Gasteiger partial charge in [0.1, 0.15) is 0 Å². The van der Waals surface area contributed by atoms with Crippen LogP contribution in [0.3, 0.4) is 0 Å². The van der Waals surface area contributed by atoms with Crippen molar-refractivity contribution >= 4 is 43.7 Å². The molecule has 0 N–H and O–H groups in total. The molecule has 1 aliphatic rings. The Balaban J connectivity index is 1.39. The molecule has 0 amide bonds. The van der Waals surface area contributed by atoms with Crippen LogP contribution in [0, 0.1) is 0 Å². The van der Waals surface area contributed by atoms with Crippen molar-refractivity contribution in [3.63, 3.8) is 0 Å². The van der Waals surface area contributed by atoms with Crippen LogP contribution in [0.2, 0.25) is 0 Å². The second-order valence-electron chi connectivity index (χ2n) is 9.18. The quantitative estimate of drug-likeness (QED) is 0.250. The van der Waals surface area contributed by atoms with Crippen molar-refractivity contribution in [1.29, 1.82) is 0 Å². The molecule has 0 saturated heterocycles. The Bertz CT molecular complexity index is 2150. The van der Waals surface area contributed by atoms with Crippen molar-refractivity contribution in [3.05, 3.63) is 127 Å². The molecule has 37 heavy (non-hydrogen) atoms. The molecule has 0 bridgehead atoms. The molecule has 0 radical (unpaired) electrons. The van der Waals surface area contributed by atoms with Gasteiger partial charge in [-0.2, -0.15) is 0 Å². The number of para-hydroxylation sites is 2. The van der Waals surface area contributed by atoms with E-state index in [0.717, 1.165) is 16.7 Å². The van der Waals surface area contributed by atoms with Crippen LogP contribution in [0.1, 0.15) is 5.82 Å². The van der Waals surface area contributed by atoms with Crippen molar-refractivity contribution in [3.8, 4) is 22.8 Å². The second kappa shape index (κ2) is 7.61. The number of aromatic nitrogens is 4. The zero-order chi connectivity index (χ0) is 24.3. The Morgan fingerprint density at radius 1 is 0.541 bits per heavy atom. The van der Waals surface area contributed by atoms with Crippen LogP contribution in [0.25, 0.3) is 66.4 Å². The topological polar surface area (TPSA) is 43.1 Å². The molecule has 0 aliphatic heterocycles. The third-order valence-corrected chi connectivity index (χ3v) is 7.06. The lowest BCUT2D eigenvalue weighted by molar-refractivity contribution is 1.04. The minimum absolute atomic E-state index is 0.619. The lowest BCUT2D eigenvalue weighted by Crippen LogP contribution is -2.02. The van der Waals surface area contributed by atoms with Crippen LogP contribution in [0.4, 0.5) is 0 Å². The van der Waals surface area contributed by atoms with Gasteiger partial charge in [-0.25, -0.2) is 15.0 Å². The maximum Gasteiger partial charge on any atom is 0.164 e. The first kappa shape index (κ1) is 20.0. The van der Waals surface area contributed by atoms with Crippen LogP contribution in [-0.4, -0.2) is 19.4 Å². The fraction of sp³-hybridized carbons (Fsp3) is 0. The first-order valence-electron chi connectivity index (χ1n) is 12.2. The molecule has 1 aliphatic carbocycles. The minimum Gasteiger partial charge on any atom is -0.308 e. The number of hydrogen-bond donors (Lipinski definition) is 0. The van der Waals surface area contributed by atoms with Gasteiger partial charge >= 0.3 is 0 Å². The summed E-state index contributed by atoms with van der Waals surface area (Å²) in [5, 5.41) is 4.98. The van der Waals surface area contributed by atoms with Crippen LogP contribution in [0.15, 0.2) is 121 Å². The normalized spacial score (nSPS) is 12.9. The third-order valence-electron chi connectivity index (χ3n) is 7.06. The van der Waals surface area contributed by atoms with Gasteiger partial charge in [0, 0.05) is 38.2 Å². The lowest BCUT2D eigenvalue weighted by Gasteiger charge is -2.09. The van der Waals surface area contributed by atoms with E-state index < -0.39 is 0 Å². The zero-order valence-electron chi connectivity index (χ0n) is 19.7. The number of fused-ring (bicyclic) bond motifs is 6. The van der Waals surface area contributed by atoms with Gasteiger partial charge in [0.2, 0.25) is 0 Å². The van der Waals surface area contributed by atoms with Gasteiger partial charge in [-0.3, -0.25) is 0 Å². The van der Waals surface area contributed by atoms with Gasteiger partial charge in [0.15, 0.2) is 17.5 Å². The van der Waals surface area contributed by atoms with E-state index in [1.165, 1.54) is 38.1 Å². The van der Waals surface area contributed by atoms with Crippen molar-refractivity contribution in [1.82, 2.24) is 19.4 Å². The van der Waals surface area contributed by atoms with Gasteiger partial charge < -0.3 is 4.40 Å². The summed E-state index contributed by atoms with van der Waals surface area (Å²) >= 11 is 0. The molecule has 0 fully saturated rings. The number of rotatable bonds is 3. The molecule has 3 heterocycles. The zero-order valence-corrected chi connectivity index (χ0v) is 19.7. The Hall–Kier alpha value is -5.27. The summed E-state index contributed by atoms with van der Waals surface area (Å²) in [5.74, 6) is 1.91. The number of nitrogens with zero attached hydrogens (tertiary/aromatic N) is 4. The molecule has 0 atom stereocenters. The highest BCUT2D eigenvalue weighted by atomic mass is 15.0. The maximum absolute atomic E-state index is 4.91. The van der Waals surface area contributed by atoms with E-state index in [4.69, 9.17) is 15.0 Å². The van der Waals surface area contributed by atoms with Crippen molar-refractivity contribution < 1.29 is 0 Å². The fourth-order valence-corrected chi connectivity index (χ4v) is 5.41. The maximum atomic E-state index is 4.91. The third kappa shape index (κ3) is 2.95. The number of allylic oxidation sites excluding steroid dienone is 4. The standard InChI is InChI=1S/C33H18N4/c1-3-10-21(11-4-1)31-34-32(22-12-5-2-6-13-22)36-33(35-31)23-18-19-29-27(20-23)26-16-9-15-25-24-14-7-8-17-28(24)37(29)30(25)26/h1,3-5,7-20H. The smallest absolute Gasteiger partial charge is 0.164 e. The van der Waals surface area contributed by atoms with Gasteiger partial charge in [0.25, 0.3) is 0 Å². The van der Waals surface area contributed by atoms with Crippen molar-refractivity contribution in [2.75, 3.05) is 0 Å². The highest BCUT2D eigenvalue weighted by molar-refractivity contribution is 6.23. The van der Waals surface area contributed by atoms with Crippen LogP contribution in [-0.2, 0) is 0 Å². The van der Waals surface area contributed by atoms with Crippen molar-refractivity contribution in [2.45, 2.75) is 0 Å². The lowest BCUT2D eigenvalue weighted by atomic mass is 10.1. The van der Waals surface area contributed by atoms with Gasteiger partial charge in [-0.1, -0.05) is 78.2 Å². The van der Waals surface area contributed by atoms with Crippen LogP contribution >= 0.6 is 0 Å². The van der Waals surface area contributed by atoms with Crippen LogP contribution in [0.5, 0.6) is 0 Å². The highest BCUT2D eigenvalue weighted by Gasteiger charge is 2.18. The second-order valence-corrected chi connectivity index (χ2v) is 9.18. The van der Waals surface area contributed by atoms with E-state index in [0.29, 0.717) is 17.5 Å². The molecule has 0 unspecified atom stereocenters. The first-order chi connectivity index (χ1) is 18.3. The summed E-state index contributed by atoms with van der Waals surface area (Å²) in [6.45, 7) is 0. The van der Waals surface area contributed by atoms with E-state index in [9.17, 15) is 0 Å². The Labute approximate surface area is 212 Å². The fourth-order valence-electron chi connectivity index (χ4n) is 5.41. The number of hydrogen-bond acceptors (Lipinski definition) is 3. The summed E-state index contributed by atoms with van der Waals surface area (Å²) in [7, 11) is 0. The van der Waals surface area contributed by atoms with E-state index in [-0.39, 0.29) is 0 Å². The van der Waals surface area contributed by atoms with Crippen molar-refractivity contribution in [2.24, 2.45) is 0 Å². The molecule has 7 aromatic rings. The summed E-state index contributed by atoms with van der Waals surface area (Å²) in [6, 6.07) is 31.7. The molecule has 3 aromatic heterocycles. The minimum atomic E-state index is 0.619. The molecule has 4 nitrogen and oxygen atoms in total. The molecular weight excluding hydrogens is 452 g/mol. The SMILES string of the molecule is C1=C=CC(c2nc(-c3ccccc3)nc(-c3ccc4c(c3)c3cccc5c6ccccc6n4c53)n2)=CC=1. The molecule has 4 aromatic carbocycles. The van der Waals surface area contributed by atoms with Gasteiger partial charge in [0.05, 0.1) is 16.6 Å². The molecule has 4 heteroatoms. The van der Waals surface area contributed by atoms with E-state index in [1.807, 2.05) is 48.6 Å². The molecule has 8 rings (SSSR count). The van der Waals surface area contributed by atoms with E-state index in [2.05, 4.69) is 76.5 Å². The van der Waals surface area contributed by atoms with E-state index in [1.54, 1.807) is 0 Å². The first-order valence-corrected chi connectivity index (χ1v) is 12.2. The Morgan fingerprint density at radius 3 is 2.08 bits per heavy atom. The summed E-state index contributed by atoms with van der Waals surface area (Å²) in [6.07, 6.45) is 5.64. The molecule has 0 spiro atoms. The Kier molecular flexibility index (Phi) is 4.11. The summed E-state index contributed by atoms with van der Waals surface area (Å²) in [4.78, 5) is 14.6. The molecule has 0 saturated carbocycles. The summed E-state index contributed by atoms with van der Waals surface area (Å²) in [5.41, 5.74) is 12.4. The molecule has 170 valence electrons. The van der Waals surface area contributed by atoms with E-state index >= 15 is 0 Å². The van der Waals surface area contributed by atoms with Crippen LogP contribution < -0.4 is 0 Å².